The van der Waals surface area contributed by atoms with Crippen molar-refractivity contribution in [1.82, 2.24) is 4.98 Å². The van der Waals surface area contributed by atoms with Crippen LogP contribution in [0.2, 0.25) is 0 Å². The van der Waals surface area contributed by atoms with Crippen molar-refractivity contribution in [2.24, 2.45) is 5.73 Å². The summed E-state index contributed by atoms with van der Waals surface area (Å²) in [6.45, 7) is 1.20. The molecule has 6 heteroatoms. The van der Waals surface area contributed by atoms with Gasteiger partial charge in [-0.15, -0.1) is 0 Å². The standard InChI is InChI=1S/C10H14F3N3/c1-2-16(7-10(11,12)13)9-5-8(6-14)3-4-15-9/h3-5H,2,6-7,14H2,1H3. The molecule has 0 aliphatic rings. The van der Waals surface area contributed by atoms with Gasteiger partial charge in [0.1, 0.15) is 12.4 Å². The Balaban J connectivity index is 2.86. The fourth-order valence-electron chi connectivity index (χ4n) is 1.33. The molecule has 0 spiro atoms. The maximum Gasteiger partial charge on any atom is 0.405 e. The molecule has 0 saturated heterocycles. The van der Waals surface area contributed by atoms with Crippen molar-refractivity contribution in [3.8, 4) is 0 Å². The lowest BCUT2D eigenvalue weighted by molar-refractivity contribution is -0.119. The van der Waals surface area contributed by atoms with Crippen molar-refractivity contribution >= 4 is 5.82 Å². The highest BCUT2D eigenvalue weighted by atomic mass is 19.4. The molecule has 0 bridgehead atoms. The van der Waals surface area contributed by atoms with Crippen LogP contribution in [0, 0.1) is 0 Å². The van der Waals surface area contributed by atoms with E-state index in [4.69, 9.17) is 5.73 Å². The number of pyridine rings is 1. The van der Waals surface area contributed by atoms with Crippen molar-refractivity contribution < 1.29 is 13.2 Å². The Hall–Kier alpha value is -1.30. The predicted molar refractivity (Wildman–Crippen MR) is 56.1 cm³/mol. The minimum absolute atomic E-state index is 0.251. The first kappa shape index (κ1) is 12.8. The van der Waals surface area contributed by atoms with Crippen LogP contribution in [0.5, 0.6) is 0 Å². The van der Waals surface area contributed by atoms with E-state index in [1.165, 1.54) is 11.1 Å². The second-order valence-corrected chi connectivity index (χ2v) is 3.36. The monoisotopic (exact) mass is 233 g/mol. The summed E-state index contributed by atoms with van der Waals surface area (Å²) in [5.74, 6) is 0.308. The Morgan fingerprint density at radius 2 is 2.12 bits per heavy atom. The number of nitrogens with zero attached hydrogens (tertiary/aromatic N) is 2. The van der Waals surface area contributed by atoms with E-state index in [0.717, 1.165) is 5.56 Å². The van der Waals surface area contributed by atoms with Gasteiger partial charge in [-0.2, -0.15) is 13.2 Å². The van der Waals surface area contributed by atoms with E-state index in [1.54, 1.807) is 19.1 Å². The minimum Gasteiger partial charge on any atom is -0.348 e. The molecule has 1 aromatic rings. The molecule has 0 aliphatic heterocycles. The van der Waals surface area contributed by atoms with E-state index in [-0.39, 0.29) is 6.54 Å². The summed E-state index contributed by atoms with van der Waals surface area (Å²) >= 11 is 0. The lowest BCUT2D eigenvalue weighted by Crippen LogP contribution is -2.34. The van der Waals surface area contributed by atoms with Gasteiger partial charge >= 0.3 is 6.18 Å². The number of halogens is 3. The SMILES string of the molecule is CCN(CC(F)(F)F)c1cc(CN)ccn1. The molecule has 1 aromatic heterocycles. The lowest BCUT2D eigenvalue weighted by atomic mass is 10.2. The smallest absolute Gasteiger partial charge is 0.348 e. The zero-order valence-electron chi connectivity index (χ0n) is 8.96. The highest BCUT2D eigenvalue weighted by molar-refractivity contribution is 5.41. The number of anilines is 1. The quantitative estimate of drug-likeness (QED) is 0.864. The van der Waals surface area contributed by atoms with E-state index >= 15 is 0 Å². The third-order valence-corrected chi connectivity index (χ3v) is 2.12. The molecule has 0 saturated carbocycles. The molecule has 2 N–H and O–H groups in total. The van der Waals surface area contributed by atoms with E-state index in [1.807, 2.05) is 0 Å². The first-order chi connectivity index (χ1) is 7.46. The van der Waals surface area contributed by atoms with E-state index in [2.05, 4.69) is 4.98 Å². The summed E-state index contributed by atoms with van der Waals surface area (Å²) in [5.41, 5.74) is 6.19. The molecule has 0 unspecified atom stereocenters. The van der Waals surface area contributed by atoms with Crippen LogP contribution in [0.3, 0.4) is 0 Å². The third-order valence-electron chi connectivity index (χ3n) is 2.12. The third kappa shape index (κ3) is 3.69. The summed E-state index contributed by atoms with van der Waals surface area (Å²) in [4.78, 5) is 5.08. The Labute approximate surface area is 92.1 Å². The second kappa shape index (κ2) is 5.16. The highest BCUT2D eigenvalue weighted by Gasteiger charge is 2.30. The Kier molecular flexibility index (Phi) is 4.12. The van der Waals surface area contributed by atoms with E-state index in [0.29, 0.717) is 12.4 Å². The van der Waals surface area contributed by atoms with Crippen molar-refractivity contribution in [2.45, 2.75) is 19.6 Å². The number of hydrogen-bond acceptors (Lipinski definition) is 3. The van der Waals surface area contributed by atoms with Gasteiger partial charge in [-0.25, -0.2) is 4.98 Å². The van der Waals surface area contributed by atoms with Crippen molar-refractivity contribution in [2.75, 3.05) is 18.0 Å². The average Bonchev–Trinajstić information content (AvgIpc) is 2.25. The van der Waals surface area contributed by atoms with Crippen LogP contribution >= 0.6 is 0 Å². The summed E-state index contributed by atoms with van der Waals surface area (Å²) in [7, 11) is 0. The molecular weight excluding hydrogens is 219 g/mol. The molecule has 1 heterocycles. The van der Waals surface area contributed by atoms with Crippen LogP contribution in [0.1, 0.15) is 12.5 Å². The second-order valence-electron chi connectivity index (χ2n) is 3.36. The molecule has 3 nitrogen and oxygen atoms in total. The maximum atomic E-state index is 12.3. The van der Waals surface area contributed by atoms with E-state index < -0.39 is 12.7 Å². The van der Waals surface area contributed by atoms with Gasteiger partial charge in [-0.3, -0.25) is 0 Å². The predicted octanol–water partition coefficient (Wildman–Crippen LogP) is 1.93. The molecule has 16 heavy (non-hydrogen) atoms. The van der Waals surface area contributed by atoms with Gasteiger partial charge in [0.25, 0.3) is 0 Å². The molecule has 0 aliphatic carbocycles. The first-order valence-corrected chi connectivity index (χ1v) is 4.93. The zero-order valence-corrected chi connectivity index (χ0v) is 8.96. The van der Waals surface area contributed by atoms with Crippen molar-refractivity contribution in [1.29, 1.82) is 0 Å². The summed E-state index contributed by atoms with van der Waals surface area (Å²) in [6, 6.07) is 3.26. The first-order valence-electron chi connectivity index (χ1n) is 4.93. The maximum absolute atomic E-state index is 12.3. The van der Waals surface area contributed by atoms with Crippen LogP contribution in [0.4, 0.5) is 19.0 Å². The fourth-order valence-corrected chi connectivity index (χ4v) is 1.33. The van der Waals surface area contributed by atoms with Crippen LogP contribution in [0.25, 0.3) is 0 Å². The van der Waals surface area contributed by atoms with Gasteiger partial charge in [0.05, 0.1) is 0 Å². The van der Waals surface area contributed by atoms with Gasteiger partial charge < -0.3 is 10.6 Å². The van der Waals surface area contributed by atoms with Crippen molar-refractivity contribution in [3.05, 3.63) is 23.9 Å². The zero-order chi connectivity index (χ0) is 12.2. The van der Waals surface area contributed by atoms with Crippen LogP contribution in [0.15, 0.2) is 18.3 Å². The molecule has 1 rings (SSSR count). The lowest BCUT2D eigenvalue weighted by Gasteiger charge is -2.23. The number of hydrogen-bond donors (Lipinski definition) is 1. The molecule has 0 atom stereocenters. The number of rotatable bonds is 4. The van der Waals surface area contributed by atoms with Gasteiger partial charge in [-0.05, 0) is 24.6 Å². The van der Waals surface area contributed by atoms with Gasteiger partial charge in [0.15, 0.2) is 0 Å². The molecular formula is C10H14F3N3. The Bertz CT molecular complexity index is 338. The normalized spacial score (nSPS) is 11.6. The number of aromatic nitrogens is 1. The Morgan fingerprint density at radius 3 is 2.62 bits per heavy atom. The largest absolute Gasteiger partial charge is 0.405 e. The molecule has 90 valence electrons. The van der Waals surface area contributed by atoms with Crippen LogP contribution in [-0.4, -0.2) is 24.2 Å². The molecule has 0 fully saturated rings. The average molecular weight is 233 g/mol. The highest BCUT2D eigenvalue weighted by Crippen LogP contribution is 2.20. The van der Waals surface area contributed by atoms with E-state index in [9.17, 15) is 13.2 Å². The fraction of sp³-hybridized carbons (Fsp3) is 0.500. The molecule has 0 radical (unpaired) electrons. The molecule has 0 aromatic carbocycles. The number of alkyl halides is 3. The van der Waals surface area contributed by atoms with Crippen molar-refractivity contribution in [3.63, 3.8) is 0 Å². The summed E-state index contributed by atoms with van der Waals surface area (Å²) < 4.78 is 36.8. The van der Waals surface area contributed by atoms with Gasteiger partial charge in [0.2, 0.25) is 0 Å². The van der Waals surface area contributed by atoms with Gasteiger partial charge in [-0.1, -0.05) is 0 Å². The molecule has 0 amide bonds. The minimum atomic E-state index is -4.23. The Morgan fingerprint density at radius 1 is 1.44 bits per heavy atom. The number of nitrogens with two attached hydrogens (primary N) is 1. The van der Waals surface area contributed by atoms with Gasteiger partial charge in [0, 0.05) is 19.3 Å². The van der Waals surface area contributed by atoms with Crippen LogP contribution in [-0.2, 0) is 6.54 Å². The summed E-state index contributed by atoms with van der Waals surface area (Å²) in [5, 5.41) is 0. The summed E-state index contributed by atoms with van der Waals surface area (Å²) in [6.07, 6.45) is -2.76. The van der Waals surface area contributed by atoms with Crippen LogP contribution < -0.4 is 10.6 Å². The topological polar surface area (TPSA) is 42.1 Å².